The third-order valence-corrected chi connectivity index (χ3v) is 5.81. The standard InChI is InChI=1S/C15H17NO4S/c17-15(18)13-2-1-9-16(10-13)21(19,20)14-7-5-12(6-8-14)11-3-4-11/h1-2,5-8,11,13H,3-4,9-10H2,(H,17,18). The minimum Gasteiger partial charge on any atom is -0.481 e. The Morgan fingerprint density at radius 1 is 1.19 bits per heavy atom. The van der Waals surface area contributed by atoms with Crippen molar-refractivity contribution in [3.8, 4) is 0 Å². The summed E-state index contributed by atoms with van der Waals surface area (Å²) in [6, 6.07) is 6.96. The van der Waals surface area contributed by atoms with Gasteiger partial charge in [0.1, 0.15) is 0 Å². The third kappa shape index (κ3) is 2.87. The molecule has 2 aliphatic rings. The lowest BCUT2D eigenvalue weighted by Gasteiger charge is -2.26. The van der Waals surface area contributed by atoms with Gasteiger partial charge in [0.25, 0.3) is 0 Å². The third-order valence-electron chi connectivity index (χ3n) is 3.96. The van der Waals surface area contributed by atoms with Crippen LogP contribution in [-0.4, -0.2) is 36.9 Å². The fraction of sp³-hybridized carbons (Fsp3) is 0.400. The molecule has 1 aliphatic heterocycles. The maximum Gasteiger partial charge on any atom is 0.311 e. The summed E-state index contributed by atoms with van der Waals surface area (Å²) in [5.41, 5.74) is 1.18. The predicted molar refractivity (Wildman–Crippen MR) is 77.4 cm³/mol. The minimum atomic E-state index is -3.63. The van der Waals surface area contributed by atoms with E-state index in [1.165, 1.54) is 22.7 Å². The summed E-state index contributed by atoms with van der Waals surface area (Å²) in [4.78, 5) is 11.2. The number of carboxylic acids is 1. The Bertz CT molecular complexity index is 674. The van der Waals surface area contributed by atoms with Gasteiger partial charge in [-0.2, -0.15) is 4.31 Å². The van der Waals surface area contributed by atoms with Crippen LogP contribution < -0.4 is 0 Å². The van der Waals surface area contributed by atoms with E-state index in [1.54, 1.807) is 24.3 Å². The van der Waals surface area contributed by atoms with Crippen molar-refractivity contribution < 1.29 is 18.3 Å². The number of rotatable bonds is 4. The molecule has 1 saturated carbocycles. The summed E-state index contributed by atoms with van der Waals surface area (Å²) in [6.07, 6.45) is 5.48. The first-order valence-electron chi connectivity index (χ1n) is 6.98. The molecule has 0 saturated heterocycles. The number of carboxylic acid groups (broad SMARTS) is 1. The Morgan fingerprint density at radius 2 is 1.86 bits per heavy atom. The van der Waals surface area contributed by atoms with E-state index in [0.717, 1.165) is 0 Å². The zero-order valence-corrected chi connectivity index (χ0v) is 12.3. The van der Waals surface area contributed by atoms with Crippen LogP contribution in [0.25, 0.3) is 0 Å². The molecule has 1 atom stereocenters. The average Bonchev–Trinajstić information content (AvgIpc) is 3.32. The number of hydrogen-bond acceptors (Lipinski definition) is 3. The first-order valence-corrected chi connectivity index (χ1v) is 8.42. The van der Waals surface area contributed by atoms with Crippen molar-refractivity contribution in [2.45, 2.75) is 23.7 Å². The summed E-state index contributed by atoms with van der Waals surface area (Å²) in [5, 5.41) is 9.02. The molecule has 21 heavy (non-hydrogen) atoms. The van der Waals surface area contributed by atoms with Crippen molar-refractivity contribution in [2.24, 2.45) is 5.92 Å². The van der Waals surface area contributed by atoms with Gasteiger partial charge >= 0.3 is 5.97 Å². The largest absolute Gasteiger partial charge is 0.481 e. The van der Waals surface area contributed by atoms with E-state index in [4.69, 9.17) is 5.11 Å². The van der Waals surface area contributed by atoms with E-state index in [-0.39, 0.29) is 18.0 Å². The average molecular weight is 307 g/mol. The first kappa shape index (κ1) is 14.3. The number of carbonyl (C=O) groups is 1. The van der Waals surface area contributed by atoms with Gasteiger partial charge in [0.05, 0.1) is 10.8 Å². The molecule has 5 nitrogen and oxygen atoms in total. The summed E-state index contributed by atoms with van der Waals surface area (Å²) in [7, 11) is -3.63. The first-order chi connectivity index (χ1) is 9.98. The van der Waals surface area contributed by atoms with E-state index < -0.39 is 21.9 Å². The molecule has 1 fully saturated rings. The number of hydrogen-bond donors (Lipinski definition) is 1. The van der Waals surface area contributed by atoms with Crippen LogP contribution >= 0.6 is 0 Å². The Hall–Kier alpha value is -1.66. The Balaban J connectivity index is 1.82. The maximum absolute atomic E-state index is 12.6. The Morgan fingerprint density at radius 3 is 2.43 bits per heavy atom. The van der Waals surface area contributed by atoms with Crippen LogP contribution in [0.1, 0.15) is 24.3 Å². The number of sulfonamides is 1. The van der Waals surface area contributed by atoms with Crippen molar-refractivity contribution in [3.63, 3.8) is 0 Å². The van der Waals surface area contributed by atoms with Crippen molar-refractivity contribution in [1.29, 1.82) is 0 Å². The van der Waals surface area contributed by atoms with Crippen molar-refractivity contribution in [3.05, 3.63) is 42.0 Å². The molecule has 1 unspecified atom stereocenters. The summed E-state index contributed by atoms with van der Waals surface area (Å²) >= 11 is 0. The van der Waals surface area contributed by atoms with Crippen molar-refractivity contribution in [1.82, 2.24) is 4.31 Å². The molecule has 6 heteroatoms. The topological polar surface area (TPSA) is 74.7 Å². The van der Waals surface area contributed by atoms with Gasteiger partial charge in [-0.1, -0.05) is 24.3 Å². The van der Waals surface area contributed by atoms with Crippen LogP contribution in [0.3, 0.4) is 0 Å². The molecule has 0 spiro atoms. The Labute approximate surface area is 123 Å². The van der Waals surface area contributed by atoms with Crippen LogP contribution in [0, 0.1) is 5.92 Å². The number of nitrogens with zero attached hydrogens (tertiary/aromatic N) is 1. The van der Waals surface area contributed by atoms with Crippen LogP contribution in [-0.2, 0) is 14.8 Å². The van der Waals surface area contributed by atoms with Gasteiger partial charge in [-0.05, 0) is 36.5 Å². The highest BCUT2D eigenvalue weighted by molar-refractivity contribution is 7.89. The number of benzene rings is 1. The SMILES string of the molecule is O=C(O)C1C=CCN(S(=O)(=O)c2ccc(C3CC3)cc2)C1. The molecule has 0 amide bonds. The molecule has 3 rings (SSSR count). The van der Waals surface area contributed by atoms with E-state index in [0.29, 0.717) is 5.92 Å². The predicted octanol–water partition coefficient (Wildman–Crippen LogP) is 1.83. The van der Waals surface area contributed by atoms with Gasteiger partial charge in [0.15, 0.2) is 0 Å². The fourth-order valence-electron chi connectivity index (χ4n) is 2.53. The minimum absolute atomic E-state index is 0.0153. The highest BCUT2D eigenvalue weighted by Crippen LogP contribution is 2.40. The highest BCUT2D eigenvalue weighted by Gasteiger charge is 2.31. The molecule has 1 aromatic carbocycles. The molecule has 0 aromatic heterocycles. The molecule has 1 aliphatic carbocycles. The molecule has 1 N–H and O–H groups in total. The number of aliphatic carboxylic acids is 1. The summed E-state index contributed by atoms with van der Waals surface area (Å²) in [6.45, 7) is 0.203. The zero-order chi connectivity index (χ0) is 15.0. The smallest absolute Gasteiger partial charge is 0.311 e. The van der Waals surface area contributed by atoms with Crippen molar-refractivity contribution >= 4 is 16.0 Å². The van der Waals surface area contributed by atoms with Crippen molar-refractivity contribution in [2.75, 3.05) is 13.1 Å². The zero-order valence-electron chi connectivity index (χ0n) is 11.5. The summed E-state index contributed by atoms with van der Waals surface area (Å²) in [5.74, 6) is -1.20. The summed E-state index contributed by atoms with van der Waals surface area (Å²) < 4.78 is 26.3. The molecule has 1 heterocycles. The normalized spacial score (nSPS) is 23.1. The second-order valence-electron chi connectivity index (χ2n) is 5.54. The van der Waals surface area contributed by atoms with Crippen LogP contribution in [0.2, 0.25) is 0 Å². The van der Waals surface area contributed by atoms with Gasteiger partial charge in [-0.3, -0.25) is 4.79 Å². The van der Waals surface area contributed by atoms with Crippen LogP contribution in [0.15, 0.2) is 41.3 Å². The molecular weight excluding hydrogens is 290 g/mol. The maximum atomic E-state index is 12.6. The second-order valence-corrected chi connectivity index (χ2v) is 7.48. The van der Waals surface area contributed by atoms with E-state index in [2.05, 4.69) is 0 Å². The van der Waals surface area contributed by atoms with Gasteiger partial charge in [-0.15, -0.1) is 0 Å². The lowest BCUT2D eigenvalue weighted by Crippen LogP contribution is -2.39. The molecule has 112 valence electrons. The van der Waals surface area contributed by atoms with E-state index in [1.807, 2.05) is 12.1 Å². The second kappa shape index (κ2) is 5.27. The monoisotopic (exact) mass is 307 g/mol. The Kier molecular flexibility index (Phi) is 3.59. The molecular formula is C15H17NO4S. The van der Waals surface area contributed by atoms with E-state index >= 15 is 0 Å². The lowest BCUT2D eigenvalue weighted by atomic mass is 10.1. The van der Waals surface area contributed by atoms with Gasteiger partial charge in [-0.25, -0.2) is 8.42 Å². The molecule has 0 radical (unpaired) electrons. The van der Waals surface area contributed by atoms with Crippen LogP contribution in [0.5, 0.6) is 0 Å². The fourth-order valence-corrected chi connectivity index (χ4v) is 3.95. The quantitative estimate of drug-likeness (QED) is 0.861. The van der Waals surface area contributed by atoms with Crippen LogP contribution in [0.4, 0.5) is 0 Å². The molecule has 0 bridgehead atoms. The highest BCUT2D eigenvalue weighted by atomic mass is 32.2. The van der Waals surface area contributed by atoms with Gasteiger partial charge < -0.3 is 5.11 Å². The van der Waals surface area contributed by atoms with E-state index in [9.17, 15) is 13.2 Å². The lowest BCUT2D eigenvalue weighted by molar-refractivity contribution is -0.140. The molecule has 1 aromatic rings. The van der Waals surface area contributed by atoms with Gasteiger partial charge in [0, 0.05) is 13.1 Å². The van der Waals surface area contributed by atoms with Gasteiger partial charge in [0.2, 0.25) is 10.0 Å².